The molecule has 2 fully saturated rings. The molecule has 2 aliphatic heterocycles. The lowest BCUT2D eigenvalue weighted by molar-refractivity contribution is -0.126. The van der Waals surface area contributed by atoms with E-state index >= 15 is 0 Å². The summed E-state index contributed by atoms with van der Waals surface area (Å²) in [6.07, 6.45) is 3.07. The first-order valence-corrected chi connectivity index (χ1v) is 10.1. The van der Waals surface area contributed by atoms with E-state index in [9.17, 15) is 14.4 Å². The van der Waals surface area contributed by atoms with E-state index in [0.29, 0.717) is 18.0 Å². The monoisotopic (exact) mass is 406 g/mol. The largest absolute Gasteiger partial charge is 0.354 e. The molecule has 0 aliphatic carbocycles. The van der Waals surface area contributed by atoms with Crippen molar-refractivity contribution in [2.75, 3.05) is 39.8 Å². The molecule has 2 aliphatic rings. The number of benzene rings is 1. The van der Waals surface area contributed by atoms with Crippen LogP contribution in [0, 0.1) is 0 Å². The molecule has 1 aromatic rings. The number of carbonyl (C=O) groups excluding carboxylic acids is 3. The predicted molar refractivity (Wildman–Crippen MR) is 107 cm³/mol. The average molecular weight is 407 g/mol. The zero-order valence-electron chi connectivity index (χ0n) is 16.2. The fraction of sp³-hybridized carbons (Fsp3) is 0.550. The lowest BCUT2D eigenvalue weighted by Gasteiger charge is -2.28. The fourth-order valence-electron chi connectivity index (χ4n) is 3.81. The van der Waals surface area contributed by atoms with Crippen molar-refractivity contribution >= 4 is 29.4 Å². The molecule has 4 amide bonds. The van der Waals surface area contributed by atoms with E-state index in [1.807, 2.05) is 24.3 Å². The van der Waals surface area contributed by atoms with E-state index in [-0.39, 0.29) is 43.4 Å². The highest BCUT2D eigenvalue weighted by molar-refractivity contribution is 6.30. The topological polar surface area (TPSA) is 73.0 Å². The molecule has 0 aromatic heterocycles. The molecule has 2 saturated heterocycles. The van der Waals surface area contributed by atoms with Gasteiger partial charge in [-0.2, -0.15) is 0 Å². The van der Waals surface area contributed by atoms with Crippen LogP contribution in [0.5, 0.6) is 0 Å². The highest BCUT2D eigenvalue weighted by Crippen LogP contribution is 2.26. The maximum atomic E-state index is 12.3. The maximum Gasteiger partial charge on any atom is 0.326 e. The molecule has 1 aromatic carbocycles. The van der Waals surface area contributed by atoms with Crippen molar-refractivity contribution in [1.29, 1.82) is 0 Å². The van der Waals surface area contributed by atoms with E-state index in [0.717, 1.165) is 31.5 Å². The molecule has 1 unspecified atom stereocenters. The third-order valence-electron chi connectivity index (χ3n) is 5.32. The second kappa shape index (κ2) is 9.39. The number of carbonyl (C=O) groups is 3. The maximum absolute atomic E-state index is 12.3. The van der Waals surface area contributed by atoms with Crippen LogP contribution in [0.3, 0.4) is 0 Å². The van der Waals surface area contributed by atoms with Crippen LogP contribution in [0.15, 0.2) is 24.3 Å². The third-order valence-corrected chi connectivity index (χ3v) is 5.56. The molecule has 28 heavy (non-hydrogen) atoms. The first-order valence-electron chi connectivity index (χ1n) is 9.77. The van der Waals surface area contributed by atoms with Gasteiger partial charge in [-0.3, -0.25) is 19.4 Å². The van der Waals surface area contributed by atoms with Crippen LogP contribution in [-0.4, -0.2) is 72.3 Å². The number of likely N-dealkylation sites (N-methyl/N-ethyl adjacent to an activating group) is 1. The van der Waals surface area contributed by atoms with Crippen LogP contribution in [0.2, 0.25) is 5.02 Å². The van der Waals surface area contributed by atoms with E-state index in [2.05, 4.69) is 10.2 Å². The molecule has 0 spiro atoms. The van der Waals surface area contributed by atoms with Gasteiger partial charge in [-0.25, -0.2) is 4.79 Å². The van der Waals surface area contributed by atoms with E-state index in [1.165, 1.54) is 9.80 Å². The van der Waals surface area contributed by atoms with Crippen LogP contribution in [0.4, 0.5) is 4.79 Å². The lowest BCUT2D eigenvalue weighted by Crippen LogP contribution is -2.37. The highest BCUT2D eigenvalue weighted by atomic mass is 35.5. The summed E-state index contributed by atoms with van der Waals surface area (Å²) in [6, 6.07) is 7.59. The summed E-state index contributed by atoms with van der Waals surface area (Å²) >= 11 is 6.15. The summed E-state index contributed by atoms with van der Waals surface area (Å²) in [7, 11) is 1.60. The molecule has 7 nitrogen and oxygen atoms in total. The van der Waals surface area contributed by atoms with Crippen LogP contribution in [0.1, 0.15) is 37.3 Å². The zero-order chi connectivity index (χ0) is 20.1. The predicted octanol–water partition coefficient (Wildman–Crippen LogP) is 2.27. The number of hydrogen-bond donors (Lipinski definition) is 1. The SMILES string of the molecule is CN1CC(=O)N(CCCC(=O)NCC(c2cccc(Cl)c2)N2CCCC2)C1=O. The van der Waals surface area contributed by atoms with Gasteiger partial charge >= 0.3 is 6.03 Å². The Morgan fingerprint density at radius 1 is 1.25 bits per heavy atom. The number of nitrogens with one attached hydrogen (secondary N) is 1. The first-order chi connectivity index (χ1) is 13.5. The van der Waals surface area contributed by atoms with Gasteiger partial charge in [-0.1, -0.05) is 23.7 Å². The van der Waals surface area contributed by atoms with Crippen LogP contribution < -0.4 is 5.32 Å². The normalized spacial score (nSPS) is 18.8. The molecule has 0 saturated carbocycles. The summed E-state index contributed by atoms with van der Waals surface area (Å²) in [5, 5.41) is 3.70. The number of imide groups is 1. The van der Waals surface area contributed by atoms with Gasteiger partial charge in [-0.05, 0) is 50.0 Å². The Kier molecular flexibility index (Phi) is 6.91. The minimum atomic E-state index is -0.291. The van der Waals surface area contributed by atoms with E-state index in [4.69, 9.17) is 11.6 Å². The number of urea groups is 1. The quantitative estimate of drug-likeness (QED) is 0.672. The number of nitrogens with zero attached hydrogens (tertiary/aromatic N) is 3. The molecule has 3 rings (SSSR count). The molecule has 152 valence electrons. The van der Waals surface area contributed by atoms with Crippen LogP contribution in [-0.2, 0) is 9.59 Å². The van der Waals surface area contributed by atoms with Crippen molar-refractivity contribution in [3.8, 4) is 0 Å². The molecule has 1 atom stereocenters. The van der Waals surface area contributed by atoms with Gasteiger partial charge in [-0.15, -0.1) is 0 Å². The van der Waals surface area contributed by atoms with Gasteiger partial charge in [0.2, 0.25) is 11.8 Å². The molecule has 0 radical (unpaired) electrons. The molecular weight excluding hydrogens is 380 g/mol. The number of amides is 4. The Morgan fingerprint density at radius 3 is 2.64 bits per heavy atom. The Morgan fingerprint density at radius 2 is 2.00 bits per heavy atom. The summed E-state index contributed by atoms with van der Waals surface area (Å²) in [5.41, 5.74) is 1.10. The van der Waals surface area contributed by atoms with Crippen molar-refractivity contribution in [2.24, 2.45) is 0 Å². The van der Waals surface area contributed by atoms with E-state index in [1.54, 1.807) is 7.05 Å². The third kappa shape index (κ3) is 5.02. The number of hydrogen-bond acceptors (Lipinski definition) is 4. The van der Waals surface area contributed by atoms with E-state index < -0.39 is 0 Å². The highest BCUT2D eigenvalue weighted by Gasteiger charge is 2.33. The van der Waals surface area contributed by atoms with Crippen molar-refractivity contribution in [3.05, 3.63) is 34.9 Å². The summed E-state index contributed by atoms with van der Waals surface area (Å²) in [4.78, 5) is 40.9. The van der Waals surface area contributed by atoms with Gasteiger partial charge in [0.15, 0.2) is 0 Å². The number of rotatable bonds is 8. The Labute approximate surface area is 170 Å². The minimum Gasteiger partial charge on any atom is -0.354 e. The van der Waals surface area contributed by atoms with Gasteiger partial charge in [0.1, 0.15) is 6.54 Å². The smallest absolute Gasteiger partial charge is 0.326 e. The summed E-state index contributed by atoms with van der Waals surface area (Å²) in [5.74, 6) is -0.276. The minimum absolute atomic E-state index is 0.0707. The molecule has 8 heteroatoms. The zero-order valence-corrected chi connectivity index (χ0v) is 17.0. The molecular formula is C20H27ClN4O3. The van der Waals surface area contributed by atoms with Crippen molar-refractivity contribution in [1.82, 2.24) is 20.0 Å². The Hall–Kier alpha value is -2.12. The standard InChI is InChI=1S/C20H27ClN4O3/c1-23-14-19(27)25(20(23)28)11-5-8-18(26)22-13-17(24-9-2-3-10-24)15-6-4-7-16(21)12-15/h4,6-7,12,17H,2-3,5,8-11,13-14H2,1H3,(H,22,26). The number of likely N-dealkylation sites (tertiary alicyclic amines) is 1. The second-order valence-corrected chi connectivity index (χ2v) is 7.84. The fourth-order valence-corrected chi connectivity index (χ4v) is 4.01. The number of halogens is 1. The average Bonchev–Trinajstić information content (AvgIpc) is 3.26. The molecule has 1 N–H and O–H groups in total. The van der Waals surface area contributed by atoms with Crippen LogP contribution in [0.25, 0.3) is 0 Å². The Bertz CT molecular complexity index is 736. The van der Waals surface area contributed by atoms with Gasteiger partial charge in [0.05, 0.1) is 6.04 Å². The van der Waals surface area contributed by atoms with Crippen LogP contribution >= 0.6 is 11.6 Å². The van der Waals surface area contributed by atoms with Crippen molar-refractivity contribution in [3.63, 3.8) is 0 Å². The summed E-state index contributed by atoms with van der Waals surface area (Å²) < 4.78 is 0. The summed E-state index contributed by atoms with van der Waals surface area (Å²) in [6.45, 7) is 2.93. The Balaban J connectivity index is 1.49. The lowest BCUT2D eigenvalue weighted by atomic mass is 10.1. The van der Waals surface area contributed by atoms with Gasteiger partial charge in [0, 0.05) is 31.6 Å². The van der Waals surface area contributed by atoms with Crippen molar-refractivity contribution in [2.45, 2.75) is 31.7 Å². The van der Waals surface area contributed by atoms with Crippen molar-refractivity contribution < 1.29 is 14.4 Å². The van der Waals surface area contributed by atoms with Gasteiger partial charge < -0.3 is 10.2 Å². The molecule has 0 bridgehead atoms. The van der Waals surface area contributed by atoms with Gasteiger partial charge in [0.25, 0.3) is 0 Å². The first kappa shape index (κ1) is 20.6. The second-order valence-electron chi connectivity index (χ2n) is 7.41. The molecule has 2 heterocycles.